The molecule has 0 amide bonds. The highest BCUT2D eigenvalue weighted by Crippen LogP contribution is 2.28. The van der Waals surface area contributed by atoms with E-state index in [4.69, 9.17) is 9.52 Å². The summed E-state index contributed by atoms with van der Waals surface area (Å²) in [5.41, 5.74) is 1.69. The summed E-state index contributed by atoms with van der Waals surface area (Å²) in [6.45, 7) is 0. The summed E-state index contributed by atoms with van der Waals surface area (Å²) in [6.07, 6.45) is 1.72. The van der Waals surface area contributed by atoms with Crippen LogP contribution >= 0.6 is 0 Å². The average molecular weight is 239 g/mol. The van der Waals surface area contributed by atoms with Crippen molar-refractivity contribution in [1.82, 2.24) is 4.98 Å². The minimum Gasteiger partial charge on any atom is -0.475 e. The van der Waals surface area contributed by atoms with Crippen molar-refractivity contribution in [2.24, 2.45) is 0 Å². The lowest BCUT2D eigenvalue weighted by Crippen LogP contribution is -1.91. The fraction of sp³-hybridized carbons (Fsp3) is 0. The predicted molar refractivity (Wildman–Crippen MR) is 66.4 cm³/mol. The van der Waals surface area contributed by atoms with Gasteiger partial charge in [0.2, 0.25) is 5.76 Å². The van der Waals surface area contributed by atoms with Gasteiger partial charge in [0.1, 0.15) is 5.76 Å². The number of aromatic nitrogens is 1. The maximum absolute atomic E-state index is 10.8. The standard InChI is InChI=1S/C14H9NO3/c16-14(17)13-7-6-12(18-13)10-3-1-5-11-9(10)4-2-8-15-11/h1-8H,(H,16,17). The molecule has 0 spiro atoms. The zero-order valence-electron chi connectivity index (χ0n) is 9.33. The van der Waals surface area contributed by atoms with E-state index in [1.807, 2.05) is 30.3 Å². The average Bonchev–Trinajstić information content (AvgIpc) is 2.87. The Labute approximate surface area is 103 Å². The van der Waals surface area contributed by atoms with Gasteiger partial charge >= 0.3 is 5.97 Å². The molecular weight excluding hydrogens is 230 g/mol. The lowest BCUT2D eigenvalue weighted by atomic mass is 10.1. The van der Waals surface area contributed by atoms with Gasteiger partial charge in [-0.2, -0.15) is 0 Å². The molecular formula is C14H9NO3. The van der Waals surface area contributed by atoms with E-state index in [-0.39, 0.29) is 5.76 Å². The van der Waals surface area contributed by atoms with Crippen LogP contribution in [0, 0.1) is 0 Å². The second-order valence-corrected chi connectivity index (χ2v) is 3.84. The molecule has 0 bridgehead atoms. The molecule has 2 aromatic heterocycles. The molecule has 0 radical (unpaired) electrons. The molecule has 3 rings (SSSR count). The summed E-state index contributed by atoms with van der Waals surface area (Å²) in [6, 6.07) is 12.5. The van der Waals surface area contributed by atoms with E-state index in [9.17, 15) is 4.79 Å². The van der Waals surface area contributed by atoms with Crippen molar-refractivity contribution in [3.05, 3.63) is 54.4 Å². The Bertz CT molecular complexity index is 725. The summed E-state index contributed by atoms with van der Waals surface area (Å²) >= 11 is 0. The molecule has 3 aromatic rings. The van der Waals surface area contributed by atoms with Crippen LogP contribution in [0.4, 0.5) is 0 Å². The summed E-state index contributed by atoms with van der Waals surface area (Å²) in [5.74, 6) is -0.600. The van der Waals surface area contributed by atoms with Crippen LogP contribution in [0.25, 0.3) is 22.2 Å². The van der Waals surface area contributed by atoms with Gasteiger partial charge in [-0.05, 0) is 24.3 Å². The van der Waals surface area contributed by atoms with Crippen molar-refractivity contribution in [2.45, 2.75) is 0 Å². The van der Waals surface area contributed by atoms with E-state index in [1.165, 1.54) is 6.07 Å². The Balaban J connectivity index is 2.21. The number of hydrogen-bond acceptors (Lipinski definition) is 3. The number of rotatable bonds is 2. The molecule has 0 aliphatic carbocycles. The highest BCUT2D eigenvalue weighted by molar-refractivity contribution is 5.94. The first-order valence-electron chi connectivity index (χ1n) is 5.43. The Hall–Kier alpha value is -2.62. The highest BCUT2D eigenvalue weighted by Gasteiger charge is 2.12. The van der Waals surface area contributed by atoms with E-state index in [2.05, 4.69) is 4.98 Å². The molecule has 1 aromatic carbocycles. The highest BCUT2D eigenvalue weighted by atomic mass is 16.4. The van der Waals surface area contributed by atoms with Crippen LogP contribution < -0.4 is 0 Å². The van der Waals surface area contributed by atoms with E-state index in [0.29, 0.717) is 5.76 Å². The monoisotopic (exact) mass is 239 g/mol. The Morgan fingerprint density at radius 2 is 2.00 bits per heavy atom. The van der Waals surface area contributed by atoms with Gasteiger partial charge in [0.05, 0.1) is 5.52 Å². The van der Waals surface area contributed by atoms with Crippen LogP contribution in [0.15, 0.2) is 53.1 Å². The molecule has 0 fully saturated rings. The Morgan fingerprint density at radius 3 is 2.78 bits per heavy atom. The lowest BCUT2D eigenvalue weighted by Gasteiger charge is -2.02. The van der Waals surface area contributed by atoms with Crippen molar-refractivity contribution >= 4 is 16.9 Å². The fourth-order valence-electron chi connectivity index (χ4n) is 1.92. The maximum atomic E-state index is 10.8. The number of carboxylic acid groups (broad SMARTS) is 1. The SMILES string of the molecule is O=C(O)c1ccc(-c2cccc3ncccc23)o1. The quantitative estimate of drug-likeness (QED) is 0.745. The third-order valence-corrected chi connectivity index (χ3v) is 2.73. The van der Waals surface area contributed by atoms with Crippen molar-refractivity contribution in [3.63, 3.8) is 0 Å². The molecule has 0 unspecified atom stereocenters. The van der Waals surface area contributed by atoms with Crippen molar-refractivity contribution < 1.29 is 14.3 Å². The number of furan rings is 1. The first-order valence-corrected chi connectivity index (χ1v) is 5.43. The zero-order valence-corrected chi connectivity index (χ0v) is 9.33. The molecule has 0 atom stereocenters. The number of carbonyl (C=O) groups is 1. The van der Waals surface area contributed by atoms with E-state index >= 15 is 0 Å². The van der Waals surface area contributed by atoms with E-state index < -0.39 is 5.97 Å². The summed E-state index contributed by atoms with van der Waals surface area (Å²) in [4.78, 5) is 15.1. The molecule has 1 N–H and O–H groups in total. The number of aromatic carboxylic acids is 1. The third-order valence-electron chi connectivity index (χ3n) is 2.73. The second kappa shape index (κ2) is 4.00. The van der Waals surface area contributed by atoms with Crippen LogP contribution in [0.3, 0.4) is 0 Å². The van der Waals surface area contributed by atoms with Crippen LogP contribution in [0.5, 0.6) is 0 Å². The van der Waals surface area contributed by atoms with Crippen LogP contribution in [-0.2, 0) is 0 Å². The minimum absolute atomic E-state index is 0.0640. The number of nitrogens with zero attached hydrogens (tertiary/aromatic N) is 1. The molecule has 0 saturated carbocycles. The lowest BCUT2D eigenvalue weighted by molar-refractivity contribution is 0.0663. The first kappa shape index (κ1) is 10.5. The number of carboxylic acids is 1. The third kappa shape index (κ3) is 1.64. The summed E-state index contributed by atoms with van der Waals surface area (Å²) in [7, 11) is 0. The molecule has 4 heteroatoms. The van der Waals surface area contributed by atoms with Gasteiger partial charge in [0, 0.05) is 17.1 Å². The number of pyridine rings is 1. The van der Waals surface area contributed by atoms with Gasteiger partial charge in [-0.15, -0.1) is 0 Å². The maximum Gasteiger partial charge on any atom is 0.371 e. The van der Waals surface area contributed by atoms with Crippen LogP contribution in [-0.4, -0.2) is 16.1 Å². The number of fused-ring (bicyclic) bond motifs is 1. The minimum atomic E-state index is -1.07. The topological polar surface area (TPSA) is 63.3 Å². The Kier molecular flexibility index (Phi) is 2.34. The van der Waals surface area contributed by atoms with Crippen LogP contribution in [0.2, 0.25) is 0 Å². The smallest absolute Gasteiger partial charge is 0.371 e. The molecule has 2 heterocycles. The fourth-order valence-corrected chi connectivity index (χ4v) is 1.92. The van der Waals surface area contributed by atoms with Crippen molar-refractivity contribution in [3.8, 4) is 11.3 Å². The van der Waals surface area contributed by atoms with E-state index in [0.717, 1.165) is 16.5 Å². The van der Waals surface area contributed by atoms with Crippen LogP contribution in [0.1, 0.15) is 10.6 Å². The molecule has 0 aliphatic rings. The van der Waals surface area contributed by atoms with E-state index in [1.54, 1.807) is 12.3 Å². The number of hydrogen-bond donors (Lipinski definition) is 1. The van der Waals surface area contributed by atoms with Gasteiger partial charge in [0.25, 0.3) is 0 Å². The second-order valence-electron chi connectivity index (χ2n) is 3.84. The van der Waals surface area contributed by atoms with Crippen molar-refractivity contribution in [2.75, 3.05) is 0 Å². The van der Waals surface area contributed by atoms with Gasteiger partial charge in [-0.1, -0.05) is 18.2 Å². The normalized spacial score (nSPS) is 10.7. The molecule has 0 aliphatic heterocycles. The van der Waals surface area contributed by atoms with Gasteiger partial charge in [-0.25, -0.2) is 4.79 Å². The van der Waals surface area contributed by atoms with Gasteiger partial charge in [0.15, 0.2) is 0 Å². The number of benzene rings is 1. The summed E-state index contributed by atoms with van der Waals surface area (Å²) in [5, 5.41) is 9.79. The summed E-state index contributed by atoms with van der Waals surface area (Å²) < 4.78 is 5.31. The molecule has 0 saturated heterocycles. The zero-order chi connectivity index (χ0) is 12.5. The first-order chi connectivity index (χ1) is 8.75. The molecule has 88 valence electrons. The Morgan fingerprint density at radius 1 is 1.11 bits per heavy atom. The van der Waals surface area contributed by atoms with Crippen molar-refractivity contribution in [1.29, 1.82) is 0 Å². The molecule has 4 nitrogen and oxygen atoms in total. The molecule has 18 heavy (non-hydrogen) atoms. The largest absolute Gasteiger partial charge is 0.475 e. The van der Waals surface area contributed by atoms with Gasteiger partial charge < -0.3 is 9.52 Å². The predicted octanol–water partition coefficient (Wildman–Crippen LogP) is 3.19. The van der Waals surface area contributed by atoms with Gasteiger partial charge in [-0.3, -0.25) is 4.98 Å².